The summed E-state index contributed by atoms with van der Waals surface area (Å²) in [6, 6.07) is 13.0. The summed E-state index contributed by atoms with van der Waals surface area (Å²) in [5.74, 6) is -0.633. The summed E-state index contributed by atoms with van der Waals surface area (Å²) in [5, 5.41) is 2.64. The highest BCUT2D eigenvalue weighted by atomic mass is 19.1. The maximum Gasteiger partial charge on any atom is 0.331 e. The van der Waals surface area contributed by atoms with Gasteiger partial charge in [0.2, 0.25) is 0 Å². The minimum atomic E-state index is -0.942. The van der Waals surface area contributed by atoms with E-state index >= 15 is 0 Å². The van der Waals surface area contributed by atoms with E-state index in [1.807, 2.05) is 19.1 Å². The van der Waals surface area contributed by atoms with Crippen molar-refractivity contribution in [2.24, 2.45) is 0 Å². The average Bonchev–Trinajstić information content (AvgIpc) is 2.67. The van der Waals surface area contributed by atoms with Crippen molar-refractivity contribution in [3.8, 4) is 5.75 Å². The van der Waals surface area contributed by atoms with Gasteiger partial charge in [-0.2, -0.15) is 0 Å². The molecule has 2 aromatic rings. The zero-order valence-electron chi connectivity index (χ0n) is 15.3. The fourth-order valence-corrected chi connectivity index (χ4v) is 2.21. The first-order valence-corrected chi connectivity index (χ1v) is 8.61. The first-order valence-electron chi connectivity index (χ1n) is 8.61. The van der Waals surface area contributed by atoms with Gasteiger partial charge in [-0.1, -0.05) is 24.3 Å². The van der Waals surface area contributed by atoms with Crippen LogP contribution in [0, 0.1) is 5.82 Å². The number of carbonyl (C=O) groups excluding carboxylic acids is 2. The number of esters is 1. The van der Waals surface area contributed by atoms with E-state index in [1.165, 1.54) is 25.1 Å². The maximum absolute atomic E-state index is 12.8. The summed E-state index contributed by atoms with van der Waals surface area (Å²) in [5.41, 5.74) is 1.56. The molecule has 27 heavy (non-hydrogen) atoms. The molecule has 6 heteroatoms. The molecule has 1 amide bonds. The summed E-state index contributed by atoms with van der Waals surface area (Å²) in [6.45, 7) is 4.20. The Labute approximate surface area is 157 Å². The van der Waals surface area contributed by atoms with E-state index in [4.69, 9.17) is 9.47 Å². The monoisotopic (exact) mass is 371 g/mol. The van der Waals surface area contributed by atoms with Gasteiger partial charge in [-0.15, -0.1) is 0 Å². The minimum absolute atomic E-state index is 0.225. The largest absolute Gasteiger partial charge is 0.494 e. The Morgan fingerprint density at radius 1 is 1.11 bits per heavy atom. The number of halogens is 1. The van der Waals surface area contributed by atoms with Crippen molar-refractivity contribution in [3.05, 3.63) is 71.6 Å². The molecule has 0 aliphatic carbocycles. The molecule has 0 saturated heterocycles. The first-order chi connectivity index (χ1) is 13.0. The Hall–Kier alpha value is -3.15. The Balaban J connectivity index is 1.79. The van der Waals surface area contributed by atoms with Crippen molar-refractivity contribution in [1.82, 2.24) is 5.32 Å². The van der Waals surface area contributed by atoms with Crippen LogP contribution in [0.2, 0.25) is 0 Å². The third kappa shape index (κ3) is 6.93. The topological polar surface area (TPSA) is 64.6 Å². The number of ether oxygens (including phenoxy) is 2. The lowest BCUT2D eigenvalue weighted by Crippen LogP contribution is -2.35. The third-order valence-electron chi connectivity index (χ3n) is 3.65. The Morgan fingerprint density at radius 3 is 2.41 bits per heavy atom. The van der Waals surface area contributed by atoms with Crippen LogP contribution in [0.5, 0.6) is 5.75 Å². The van der Waals surface area contributed by atoms with E-state index in [0.29, 0.717) is 6.61 Å². The number of nitrogens with one attached hydrogen (secondary N) is 1. The summed E-state index contributed by atoms with van der Waals surface area (Å²) >= 11 is 0. The smallest absolute Gasteiger partial charge is 0.331 e. The molecule has 0 aliphatic heterocycles. The SMILES string of the molecule is CCOc1ccc(/C=C/C(=O)O[C@@H](C)C(=O)NCc2ccc(F)cc2)cc1. The molecule has 0 fully saturated rings. The zero-order chi connectivity index (χ0) is 19.6. The molecule has 0 bridgehead atoms. The molecule has 1 N–H and O–H groups in total. The van der Waals surface area contributed by atoms with Gasteiger partial charge in [0, 0.05) is 12.6 Å². The van der Waals surface area contributed by atoms with Crippen LogP contribution in [-0.4, -0.2) is 24.6 Å². The Bertz CT molecular complexity index is 785. The lowest BCUT2D eigenvalue weighted by Gasteiger charge is -2.12. The van der Waals surface area contributed by atoms with E-state index in [9.17, 15) is 14.0 Å². The second kappa shape index (κ2) is 10.1. The van der Waals surface area contributed by atoms with Gasteiger partial charge < -0.3 is 14.8 Å². The van der Waals surface area contributed by atoms with Gasteiger partial charge in [-0.05, 0) is 55.3 Å². The fraction of sp³-hybridized carbons (Fsp3) is 0.238. The van der Waals surface area contributed by atoms with E-state index in [1.54, 1.807) is 30.3 Å². The standard InChI is InChI=1S/C21H22FNO4/c1-3-26-19-11-6-16(7-12-19)8-13-20(24)27-15(2)21(25)23-14-17-4-9-18(22)10-5-17/h4-13,15H,3,14H2,1-2H3,(H,23,25)/b13-8+/t15-/m0/s1. The Morgan fingerprint density at radius 2 is 1.78 bits per heavy atom. The van der Waals surface area contributed by atoms with Crippen LogP contribution in [0.15, 0.2) is 54.6 Å². The molecule has 0 aromatic heterocycles. The van der Waals surface area contributed by atoms with Crippen LogP contribution in [-0.2, 0) is 20.9 Å². The number of hydrogen-bond donors (Lipinski definition) is 1. The van der Waals surface area contributed by atoms with Crippen LogP contribution < -0.4 is 10.1 Å². The molecule has 0 radical (unpaired) electrons. The molecule has 0 heterocycles. The lowest BCUT2D eigenvalue weighted by atomic mass is 10.2. The molecule has 0 aliphatic rings. The van der Waals surface area contributed by atoms with Gasteiger partial charge >= 0.3 is 5.97 Å². The molecule has 0 saturated carbocycles. The summed E-state index contributed by atoms with van der Waals surface area (Å²) in [4.78, 5) is 23.8. The second-order valence-corrected chi connectivity index (χ2v) is 5.76. The number of benzene rings is 2. The van der Waals surface area contributed by atoms with Crippen molar-refractivity contribution in [3.63, 3.8) is 0 Å². The molecular formula is C21H22FNO4. The van der Waals surface area contributed by atoms with Gasteiger partial charge in [0.05, 0.1) is 6.61 Å². The van der Waals surface area contributed by atoms with Crippen LogP contribution >= 0.6 is 0 Å². The van der Waals surface area contributed by atoms with E-state index < -0.39 is 18.0 Å². The fourth-order valence-electron chi connectivity index (χ4n) is 2.21. The van der Waals surface area contributed by atoms with Gasteiger partial charge in [-0.25, -0.2) is 9.18 Å². The maximum atomic E-state index is 12.8. The molecule has 0 spiro atoms. The molecular weight excluding hydrogens is 349 g/mol. The predicted octanol–water partition coefficient (Wildman–Crippen LogP) is 3.49. The average molecular weight is 371 g/mol. The van der Waals surface area contributed by atoms with Crippen molar-refractivity contribution >= 4 is 18.0 Å². The van der Waals surface area contributed by atoms with E-state index in [2.05, 4.69) is 5.32 Å². The molecule has 2 aromatic carbocycles. The van der Waals surface area contributed by atoms with Crippen LogP contribution in [0.3, 0.4) is 0 Å². The number of rotatable bonds is 8. The third-order valence-corrected chi connectivity index (χ3v) is 3.65. The Kier molecular flexibility index (Phi) is 7.55. The van der Waals surface area contributed by atoms with Crippen LogP contribution in [0.1, 0.15) is 25.0 Å². The lowest BCUT2D eigenvalue weighted by molar-refractivity contribution is -0.150. The predicted molar refractivity (Wildman–Crippen MR) is 100 cm³/mol. The van der Waals surface area contributed by atoms with Crippen LogP contribution in [0.25, 0.3) is 6.08 Å². The number of hydrogen-bond acceptors (Lipinski definition) is 4. The van der Waals surface area contributed by atoms with Gasteiger partial charge in [0.15, 0.2) is 6.10 Å². The minimum Gasteiger partial charge on any atom is -0.494 e. The summed E-state index contributed by atoms with van der Waals surface area (Å²) < 4.78 is 23.3. The quantitative estimate of drug-likeness (QED) is 0.570. The molecule has 0 unspecified atom stereocenters. The van der Waals surface area contributed by atoms with E-state index in [0.717, 1.165) is 16.9 Å². The van der Waals surface area contributed by atoms with Crippen molar-refractivity contribution in [2.45, 2.75) is 26.5 Å². The van der Waals surface area contributed by atoms with Crippen molar-refractivity contribution < 1.29 is 23.5 Å². The highest BCUT2D eigenvalue weighted by molar-refractivity contribution is 5.90. The molecule has 5 nitrogen and oxygen atoms in total. The van der Waals surface area contributed by atoms with Gasteiger partial charge in [0.25, 0.3) is 5.91 Å². The van der Waals surface area contributed by atoms with Crippen LogP contribution in [0.4, 0.5) is 4.39 Å². The van der Waals surface area contributed by atoms with E-state index in [-0.39, 0.29) is 12.4 Å². The second-order valence-electron chi connectivity index (χ2n) is 5.76. The summed E-state index contributed by atoms with van der Waals surface area (Å²) in [7, 11) is 0. The zero-order valence-corrected chi connectivity index (χ0v) is 15.3. The van der Waals surface area contributed by atoms with Gasteiger partial charge in [0.1, 0.15) is 11.6 Å². The van der Waals surface area contributed by atoms with Crippen molar-refractivity contribution in [2.75, 3.05) is 6.61 Å². The normalized spacial score (nSPS) is 11.8. The highest BCUT2D eigenvalue weighted by Crippen LogP contribution is 2.13. The molecule has 1 atom stereocenters. The highest BCUT2D eigenvalue weighted by Gasteiger charge is 2.16. The van der Waals surface area contributed by atoms with Gasteiger partial charge in [-0.3, -0.25) is 4.79 Å². The number of amides is 1. The number of carbonyl (C=O) groups is 2. The summed E-state index contributed by atoms with van der Waals surface area (Å²) in [6.07, 6.45) is 1.92. The molecule has 2 rings (SSSR count). The first kappa shape index (κ1) is 20.2. The van der Waals surface area contributed by atoms with Crippen molar-refractivity contribution in [1.29, 1.82) is 0 Å². The molecule has 142 valence electrons.